The second-order valence-corrected chi connectivity index (χ2v) is 3.89. The van der Waals surface area contributed by atoms with Crippen LogP contribution < -0.4 is 0 Å². The third-order valence-electron chi connectivity index (χ3n) is 2.53. The average molecular weight is 197 g/mol. The van der Waals surface area contributed by atoms with Crippen LogP contribution in [0.15, 0.2) is 29.8 Å². The van der Waals surface area contributed by atoms with Gasteiger partial charge in [0.25, 0.3) is 0 Å². The van der Waals surface area contributed by atoms with Crippen molar-refractivity contribution in [1.82, 2.24) is 4.98 Å². The minimum atomic E-state index is 0.876. The van der Waals surface area contributed by atoms with Gasteiger partial charge in [0, 0.05) is 5.69 Å². The van der Waals surface area contributed by atoms with Gasteiger partial charge in [-0.2, -0.15) is 0 Å². The summed E-state index contributed by atoms with van der Waals surface area (Å²) < 4.78 is 0. The molecule has 0 bridgehead atoms. The summed E-state index contributed by atoms with van der Waals surface area (Å²) >= 11 is 0. The summed E-state index contributed by atoms with van der Waals surface area (Å²) in [6.45, 7) is 1.99. The molecule has 1 nitrogen and oxygen atoms in total. The molecule has 0 N–H and O–H groups in total. The van der Waals surface area contributed by atoms with Crippen molar-refractivity contribution in [1.29, 1.82) is 0 Å². The van der Waals surface area contributed by atoms with Gasteiger partial charge in [-0.15, -0.1) is 0 Å². The Morgan fingerprint density at radius 3 is 2.87 bits per heavy atom. The predicted molar refractivity (Wildman–Crippen MR) is 62.4 cm³/mol. The van der Waals surface area contributed by atoms with Crippen LogP contribution in [-0.2, 0) is 0 Å². The van der Waals surface area contributed by atoms with Gasteiger partial charge in [-0.25, -0.2) is 4.98 Å². The fourth-order valence-electron chi connectivity index (χ4n) is 1.71. The van der Waals surface area contributed by atoms with Crippen molar-refractivity contribution in [3.8, 4) is 11.8 Å². The van der Waals surface area contributed by atoms with Gasteiger partial charge < -0.3 is 0 Å². The van der Waals surface area contributed by atoms with Gasteiger partial charge in [-0.3, -0.25) is 0 Å². The van der Waals surface area contributed by atoms with E-state index in [2.05, 4.69) is 22.9 Å². The van der Waals surface area contributed by atoms with Gasteiger partial charge >= 0.3 is 0 Å². The summed E-state index contributed by atoms with van der Waals surface area (Å²) in [7, 11) is 0. The zero-order valence-corrected chi connectivity index (χ0v) is 9.09. The Hall–Kier alpha value is -1.55. The summed E-state index contributed by atoms with van der Waals surface area (Å²) in [5.41, 5.74) is 3.19. The highest BCUT2D eigenvalue weighted by atomic mass is 14.7. The molecule has 0 amide bonds. The van der Waals surface area contributed by atoms with E-state index < -0.39 is 0 Å². The van der Waals surface area contributed by atoms with Crippen LogP contribution in [-0.4, -0.2) is 4.98 Å². The Kier molecular flexibility index (Phi) is 3.19. The van der Waals surface area contributed by atoms with Gasteiger partial charge in [-0.05, 0) is 56.2 Å². The second kappa shape index (κ2) is 4.79. The van der Waals surface area contributed by atoms with Crippen LogP contribution in [0.4, 0.5) is 0 Å². The molecular weight excluding hydrogens is 182 g/mol. The van der Waals surface area contributed by atoms with Crippen LogP contribution in [0.25, 0.3) is 0 Å². The molecule has 0 fully saturated rings. The van der Waals surface area contributed by atoms with Crippen molar-refractivity contribution in [3.05, 3.63) is 41.2 Å². The number of nitrogens with zero attached hydrogens (tertiary/aromatic N) is 1. The lowest BCUT2D eigenvalue weighted by Crippen LogP contribution is -1.89. The summed E-state index contributed by atoms with van der Waals surface area (Å²) in [5.74, 6) is 6.34. The largest absolute Gasteiger partial charge is 0.245 e. The Bertz CT molecular complexity index is 432. The predicted octanol–water partition coefficient (Wildman–Crippen LogP) is 3.24. The van der Waals surface area contributed by atoms with Crippen LogP contribution in [0, 0.1) is 18.8 Å². The van der Waals surface area contributed by atoms with E-state index in [-0.39, 0.29) is 0 Å². The minimum absolute atomic E-state index is 0.876. The van der Waals surface area contributed by atoms with Crippen LogP contribution >= 0.6 is 0 Å². The summed E-state index contributed by atoms with van der Waals surface area (Å²) in [6, 6.07) is 5.95. The number of hydrogen-bond acceptors (Lipinski definition) is 1. The summed E-state index contributed by atoms with van der Waals surface area (Å²) in [6.07, 6.45) is 7.17. The average Bonchev–Trinajstić information content (AvgIpc) is 2.28. The first-order valence-corrected chi connectivity index (χ1v) is 5.49. The van der Waals surface area contributed by atoms with E-state index in [0.29, 0.717) is 0 Å². The molecule has 0 atom stereocenters. The number of hydrogen-bond donors (Lipinski definition) is 0. The molecule has 0 spiro atoms. The maximum absolute atomic E-state index is 4.36. The first kappa shape index (κ1) is 9.98. The van der Waals surface area contributed by atoms with Gasteiger partial charge in [0.1, 0.15) is 5.69 Å². The van der Waals surface area contributed by atoms with Crippen LogP contribution in [0.2, 0.25) is 0 Å². The summed E-state index contributed by atoms with van der Waals surface area (Å²) in [4.78, 5) is 4.36. The fraction of sp³-hybridized carbons (Fsp3) is 0.357. The third kappa shape index (κ3) is 2.95. The molecule has 0 unspecified atom stereocenters. The molecule has 15 heavy (non-hydrogen) atoms. The maximum atomic E-state index is 4.36. The van der Waals surface area contributed by atoms with Gasteiger partial charge in [0.15, 0.2) is 0 Å². The SMILES string of the molecule is Cc1cccc(C#CC2=CCCCC2)n1. The Morgan fingerprint density at radius 1 is 1.20 bits per heavy atom. The Balaban J connectivity index is 2.14. The quantitative estimate of drug-likeness (QED) is 0.582. The molecule has 1 aromatic rings. The topological polar surface area (TPSA) is 12.9 Å². The first-order valence-electron chi connectivity index (χ1n) is 5.49. The Labute approximate surface area is 91.2 Å². The lowest BCUT2D eigenvalue weighted by Gasteiger charge is -2.05. The monoisotopic (exact) mass is 197 g/mol. The van der Waals surface area contributed by atoms with E-state index in [1.807, 2.05) is 25.1 Å². The van der Waals surface area contributed by atoms with Crippen molar-refractivity contribution in [2.45, 2.75) is 32.6 Å². The van der Waals surface area contributed by atoms with Gasteiger partial charge in [-0.1, -0.05) is 18.1 Å². The maximum Gasteiger partial charge on any atom is 0.113 e. The van der Waals surface area contributed by atoms with E-state index in [4.69, 9.17) is 0 Å². The molecule has 1 heterocycles. The van der Waals surface area contributed by atoms with Crippen molar-refractivity contribution in [2.24, 2.45) is 0 Å². The van der Waals surface area contributed by atoms with E-state index in [1.54, 1.807) is 0 Å². The number of aromatic nitrogens is 1. The lowest BCUT2D eigenvalue weighted by molar-refractivity contribution is 0.715. The molecule has 1 aliphatic carbocycles. The number of pyridine rings is 1. The second-order valence-electron chi connectivity index (χ2n) is 3.89. The van der Waals surface area contributed by atoms with E-state index >= 15 is 0 Å². The van der Waals surface area contributed by atoms with Gasteiger partial charge in [0.05, 0.1) is 0 Å². The lowest BCUT2D eigenvalue weighted by atomic mass is 10.00. The molecule has 76 valence electrons. The standard InChI is InChI=1S/C14H15N/c1-12-6-5-9-14(15-12)11-10-13-7-3-2-4-8-13/h5-7,9H,2-4,8H2,1H3. The highest BCUT2D eigenvalue weighted by Gasteiger charge is 1.99. The number of aryl methyl sites for hydroxylation is 1. The normalized spacial score (nSPS) is 15.1. The van der Waals surface area contributed by atoms with Gasteiger partial charge in [0.2, 0.25) is 0 Å². The highest BCUT2D eigenvalue weighted by molar-refractivity contribution is 5.37. The molecule has 1 heteroatoms. The van der Waals surface area contributed by atoms with Crippen molar-refractivity contribution in [3.63, 3.8) is 0 Å². The van der Waals surface area contributed by atoms with Crippen molar-refractivity contribution in [2.75, 3.05) is 0 Å². The van der Waals surface area contributed by atoms with Crippen molar-refractivity contribution >= 4 is 0 Å². The number of allylic oxidation sites excluding steroid dienone is 2. The zero-order chi connectivity index (χ0) is 10.5. The van der Waals surface area contributed by atoms with E-state index in [9.17, 15) is 0 Å². The summed E-state index contributed by atoms with van der Waals surface area (Å²) in [5, 5.41) is 0. The smallest absolute Gasteiger partial charge is 0.113 e. The third-order valence-corrected chi connectivity index (χ3v) is 2.53. The molecule has 0 saturated heterocycles. The van der Waals surface area contributed by atoms with E-state index in [0.717, 1.165) is 17.8 Å². The number of rotatable bonds is 0. The van der Waals surface area contributed by atoms with Crippen LogP contribution in [0.1, 0.15) is 37.1 Å². The minimum Gasteiger partial charge on any atom is -0.245 e. The Morgan fingerprint density at radius 2 is 2.13 bits per heavy atom. The molecule has 0 aromatic carbocycles. The van der Waals surface area contributed by atoms with Crippen LogP contribution in [0.5, 0.6) is 0 Å². The molecule has 0 saturated carbocycles. The van der Waals surface area contributed by atoms with Crippen molar-refractivity contribution < 1.29 is 0 Å². The molecule has 0 radical (unpaired) electrons. The molecule has 1 aliphatic rings. The molecular formula is C14H15N. The molecule has 1 aromatic heterocycles. The fourth-order valence-corrected chi connectivity index (χ4v) is 1.71. The first-order chi connectivity index (χ1) is 7.34. The van der Waals surface area contributed by atoms with Crippen LogP contribution in [0.3, 0.4) is 0 Å². The molecule has 2 rings (SSSR count). The van der Waals surface area contributed by atoms with E-state index in [1.165, 1.54) is 24.8 Å². The highest BCUT2D eigenvalue weighted by Crippen LogP contribution is 2.16. The zero-order valence-electron chi connectivity index (χ0n) is 9.09. The molecule has 0 aliphatic heterocycles.